The zero-order chi connectivity index (χ0) is 20.1. The summed E-state index contributed by atoms with van der Waals surface area (Å²) in [6, 6.07) is 13.4. The van der Waals surface area contributed by atoms with Crippen molar-refractivity contribution >= 4 is 11.7 Å². The first kappa shape index (κ1) is 19.5. The highest BCUT2D eigenvalue weighted by Gasteiger charge is 2.21. The van der Waals surface area contributed by atoms with Crippen molar-refractivity contribution in [1.82, 2.24) is 19.9 Å². The molecular formula is C22H25N5O. The first-order chi connectivity index (χ1) is 13.5. The Balaban J connectivity index is 1.81. The molecule has 0 saturated heterocycles. The maximum absolute atomic E-state index is 13.0. The molecule has 0 spiro atoms. The molecule has 1 aromatic carbocycles. The van der Waals surface area contributed by atoms with Crippen molar-refractivity contribution in [1.29, 1.82) is 0 Å². The third kappa shape index (κ3) is 4.17. The number of amides is 1. The number of hydrogen-bond acceptors (Lipinski definition) is 5. The minimum Gasteiger partial charge on any atom is -0.363 e. The molecule has 0 bridgehead atoms. The van der Waals surface area contributed by atoms with Crippen molar-refractivity contribution < 1.29 is 4.79 Å². The molecule has 0 aliphatic carbocycles. The van der Waals surface area contributed by atoms with E-state index in [4.69, 9.17) is 0 Å². The molecule has 0 fully saturated rings. The monoisotopic (exact) mass is 375 g/mol. The lowest BCUT2D eigenvalue weighted by atomic mass is 10.0. The number of carbonyl (C=O) groups excluding carboxylic acids is 1. The molecule has 2 heterocycles. The Morgan fingerprint density at radius 2 is 1.82 bits per heavy atom. The number of aromatic nitrogens is 3. The van der Waals surface area contributed by atoms with Crippen LogP contribution in [-0.4, -0.2) is 46.9 Å². The predicted molar refractivity (Wildman–Crippen MR) is 111 cm³/mol. The molecule has 0 saturated carbocycles. The third-order valence-electron chi connectivity index (χ3n) is 4.78. The van der Waals surface area contributed by atoms with Crippen molar-refractivity contribution in [3.63, 3.8) is 0 Å². The standard InChI is InChI=1S/C22H25N5O/c1-5-20(18-7-6-12-23-14-18)27(4)22(28)17-10-8-16(9-11-17)19-13-21(26(2)3)25-15-24-19/h6-15,20H,5H2,1-4H3/t20-/m1/s1. The van der Waals surface area contributed by atoms with Crippen LogP contribution in [0.4, 0.5) is 5.82 Å². The van der Waals surface area contributed by atoms with Crippen LogP contribution in [-0.2, 0) is 0 Å². The van der Waals surface area contributed by atoms with Crippen LogP contribution in [0.25, 0.3) is 11.3 Å². The van der Waals surface area contributed by atoms with Crippen LogP contribution in [0.3, 0.4) is 0 Å². The fourth-order valence-electron chi connectivity index (χ4n) is 3.18. The van der Waals surface area contributed by atoms with Crippen molar-refractivity contribution in [2.75, 3.05) is 26.0 Å². The number of hydrogen-bond donors (Lipinski definition) is 0. The van der Waals surface area contributed by atoms with Gasteiger partial charge in [0.1, 0.15) is 12.1 Å². The summed E-state index contributed by atoms with van der Waals surface area (Å²) in [4.78, 5) is 29.5. The van der Waals surface area contributed by atoms with Crippen LogP contribution in [0.15, 0.2) is 61.2 Å². The van der Waals surface area contributed by atoms with E-state index in [9.17, 15) is 4.79 Å². The van der Waals surface area contributed by atoms with E-state index in [1.54, 1.807) is 17.4 Å². The highest BCUT2D eigenvalue weighted by atomic mass is 16.2. The van der Waals surface area contributed by atoms with Gasteiger partial charge in [-0.25, -0.2) is 9.97 Å². The summed E-state index contributed by atoms with van der Waals surface area (Å²) in [7, 11) is 5.72. The molecule has 1 atom stereocenters. The average Bonchev–Trinajstić information content (AvgIpc) is 2.74. The Hall–Kier alpha value is -3.28. The van der Waals surface area contributed by atoms with E-state index in [-0.39, 0.29) is 11.9 Å². The first-order valence-electron chi connectivity index (χ1n) is 9.28. The van der Waals surface area contributed by atoms with E-state index in [0.717, 1.165) is 29.1 Å². The second-order valence-corrected chi connectivity index (χ2v) is 6.86. The molecule has 144 valence electrons. The van der Waals surface area contributed by atoms with E-state index in [2.05, 4.69) is 21.9 Å². The SMILES string of the molecule is CC[C@H](c1cccnc1)N(C)C(=O)c1ccc(-c2cc(N(C)C)ncn2)cc1. The van der Waals surface area contributed by atoms with Gasteiger partial charge in [-0.2, -0.15) is 0 Å². The second kappa shape index (κ2) is 8.61. The predicted octanol–water partition coefficient (Wildman–Crippen LogP) is 3.83. The van der Waals surface area contributed by atoms with Crippen molar-refractivity contribution in [2.24, 2.45) is 0 Å². The van der Waals surface area contributed by atoms with Gasteiger partial charge in [0.2, 0.25) is 0 Å². The fraction of sp³-hybridized carbons (Fsp3) is 0.273. The van der Waals surface area contributed by atoms with Crippen LogP contribution in [0.2, 0.25) is 0 Å². The number of nitrogens with zero attached hydrogens (tertiary/aromatic N) is 5. The molecule has 0 unspecified atom stereocenters. The maximum atomic E-state index is 13.0. The summed E-state index contributed by atoms with van der Waals surface area (Å²) in [5, 5.41) is 0. The Kier molecular flexibility index (Phi) is 5.99. The average molecular weight is 375 g/mol. The van der Waals surface area contributed by atoms with E-state index < -0.39 is 0 Å². The molecule has 0 N–H and O–H groups in total. The molecule has 3 aromatic rings. The third-order valence-corrected chi connectivity index (χ3v) is 4.78. The Labute approximate surface area is 165 Å². The molecule has 0 radical (unpaired) electrons. The minimum atomic E-state index is -0.0149. The summed E-state index contributed by atoms with van der Waals surface area (Å²) in [6.07, 6.45) is 5.93. The highest BCUT2D eigenvalue weighted by molar-refractivity contribution is 5.94. The first-order valence-corrected chi connectivity index (χ1v) is 9.28. The Bertz CT molecular complexity index is 925. The highest BCUT2D eigenvalue weighted by Crippen LogP contribution is 2.25. The van der Waals surface area contributed by atoms with Crippen LogP contribution in [0.5, 0.6) is 0 Å². The normalized spacial score (nSPS) is 11.7. The molecular weight excluding hydrogens is 350 g/mol. The fourth-order valence-corrected chi connectivity index (χ4v) is 3.18. The number of carbonyl (C=O) groups is 1. The zero-order valence-electron chi connectivity index (χ0n) is 16.7. The van der Waals surface area contributed by atoms with Gasteiger partial charge in [-0.05, 0) is 30.2 Å². The molecule has 28 heavy (non-hydrogen) atoms. The molecule has 1 amide bonds. The lowest BCUT2D eigenvalue weighted by molar-refractivity contribution is 0.0726. The van der Waals surface area contributed by atoms with Gasteiger partial charge in [0, 0.05) is 50.7 Å². The molecule has 0 aliphatic rings. The van der Waals surface area contributed by atoms with Gasteiger partial charge >= 0.3 is 0 Å². The second-order valence-electron chi connectivity index (χ2n) is 6.86. The van der Waals surface area contributed by atoms with Crippen molar-refractivity contribution in [3.8, 4) is 11.3 Å². The number of anilines is 1. The van der Waals surface area contributed by atoms with Crippen molar-refractivity contribution in [3.05, 3.63) is 72.3 Å². The summed E-state index contributed by atoms with van der Waals surface area (Å²) in [5.41, 5.74) is 3.46. The number of rotatable bonds is 6. The topological polar surface area (TPSA) is 62.2 Å². The lowest BCUT2D eigenvalue weighted by Crippen LogP contribution is -2.31. The zero-order valence-corrected chi connectivity index (χ0v) is 16.7. The van der Waals surface area contributed by atoms with Crippen LogP contribution >= 0.6 is 0 Å². The largest absolute Gasteiger partial charge is 0.363 e. The molecule has 3 rings (SSSR count). The Morgan fingerprint density at radius 3 is 2.43 bits per heavy atom. The van der Waals surface area contributed by atoms with E-state index in [1.165, 1.54) is 0 Å². The summed E-state index contributed by atoms with van der Waals surface area (Å²) >= 11 is 0. The summed E-state index contributed by atoms with van der Waals surface area (Å²) in [6.45, 7) is 2.07. The summed E-state index contributed by atoms with van der Waals surface area (Å²) < 4.78 is 0. The smallest absolute Gasteiger partial charge is 0.254 e. The molecule has 0 aliphatic heterocycles. The van der Waals surface area contributed by atoms with Crippen LogP contribution in [0, 0.1) is 0 Å². The van der Waals surface area contributed by atoms with Gasteiger partial charge in [-0.3, -0.25) is 9.78 Å². The molecule has 2 aromatic heterocycles. The van der Waals surface area contributed by atoms with Crippen LogP contribution in [0.1, 0.15) is 35.3 Å². The number of benzene rings is 1. The van der Waals surface area contributed by atoms with E-state index >= 15 is 0 Å². The summed E-state index contributed by atoms with van der Waals surface area (Å²) in [5.74, 6) is 0.825. The van der Waals surface area contributed by atoms with Gasteiger partial charge in [0.15, 0.2) is 0 Å². The molecule has 6 nitrogen and oxygen atoms in total. The van der Waals surface area contributed by atoms with Gasteiger partial charge in [-0.15, -0.1) is 0 Å². The van der Waals surface area contributed by atoms with Crippen LogP contribution < -0.4 is 4.90 Å². The Morgan fingerprint density at radius 1 is 1.07 bits per heavy atom. The van der Waals surface area contributed by atoms with Gasteiger partial charge in [0.05, 0.1) is 11.7 Å². The van der Waals surface area contributed by atoms with Gasteiger partial charge in [-0.1, -0.05) is 25.1 Å². The minimum absolute atomic E-state index is 0.00890. The quantitative estimate of drug-likeness (QED) is 0.655. The number of pyridine rings is 1. The lowest BCUT2D eigenvalue weighted by Gasteiger charge is -2.27. The van der Waals surface area contributed by atoms with Gasteiger partial charge < -0.3 is 9.80 Å². The molecule has 6 heteroatoms. The van der Waals surface area contributed by atoms with E-state index in [0.29, 0.717) is 5.56 Å². The van der Waals surface area contributed by atoms with E-state index in [1.807, 2.05) is 74.7 Å². The maximum Gasteiger partial charge on any atom is 0.254 e. The van der Waals surface area contributed by atoms with Gasteiger partial charge in [0.25, 0.3) is 5.91 Å². The van der Waals surface area contributed by atoms with Crippen molar-refractivity contribution in [2.45, 2.75) is 19.4 Å².